The zero-order valence-corrected chi connectivity index (χ0v) is 14.7. The van der Waals surface area contributed by atoms with Gasteiger partial charge in [-0.25, -0.2) is 5.43 Å². The van der Waals surface area contributed by atoms with E-state index < -0.39 is 0 Å². The van der Waals surface area contributed by atoms with Crippen LogP contribution in [0.1, 0.15) is 42.0 Å². The molecule has 0 radical (unpaired) electrons. The lowest BCUT2D eigenvalue weighted by Gasteiger charge is -2.14. The maximum absolute atomic E-state index is 11.9. The number of hydrogen-bond acceptors (Lipinski definition) is 3. The number of benzene rings is 2. The Labute approximate surface area is 143 Å². The summed E-state index contributed by atoms with van der Waals surface area (Å²) in [5, 5.41) is 3.99. The van der Waals surface area contributed by atoms with Gasteiger partial charge in [-0.15, -0.1) is 0 Å². The molecule has 0 atom stereocenters. The van der Waals surface area contributed by atoms with Gasteiger partial charge in [-0.05, 0) is 48.1 Å². The zero-order chi connectivity index (χ0) is 17.5. The maximum Gasteiger partial charge on any atom is 0.277 e. The minimum atomic E-state index is -0.281. The van der Waals surface area contributed by atoms with Crippen molar-refractivity contribution in [3.05, 3.63) is 64.7 Å². The van der Waals surface area contributed by atoms with Gasteiger partial charge in [0.1, 0.15) is 5.75 Å². The van der Waals surface area contributed by atoms with E-state index in [9.17, 15) is 4.79 Å². The minimum Gasteiger partial charge on any atom is -0.483 e. The molecule has 4 nitrogen and oxygen atoms in total. The van der Waals surface area contributed by atoms with Crippen molar-refractivity contribution < 1.29 is 9.53 Å². The second kappa shape index (κ2) is 8.29. The zero-order valence-electron chi connectivity index (χ0n) is 14.7. The minimum absolute atomic E-state index is 0.0612. The van der Waals surface area contributed by atoms with Gasteiger partial charge >= 0.3 is 0 Å². The first-order valence-corrected chi connectivity index (χ1v) is 8.08. The smallest absolute Gasteiger partial charge is 0.277 e. The van der Waals surface area contributed by atoms with Gasteiger partial charge in [0, 0.05) is 0 Å². The molecule has 24 heavy (non-hydrogen) atoms. The molecular weight excluding hydrogens is 300 g/mol. The molecule has 1 amide bonds. The molecule has 0 fully saturated rings. The Morgan fingerprint density at radius 3 is 2.67 bits per heavy atom. The van der Waals surface area contributed by atoms with Crippen LogP contribution >= 0.6 is 0 Å². The lowest BCUT2D eigenvalue weighted by molar-refractivity contribution is -0.123. The van der Waals surface area contributed by atoms with Crippen LogP contribution < -0.4 is 10.2 Å². The molecule has 2 aromatic carbocycles. The predicted octanol–water partition coefficient (Wildman–Crippen LogP) is 3.96. The number of amides is 1. The fraction of sp³-hybridized carbons (Fsp3) is 0.300. The highest BCUT2D eigenvalue weighted by Gasteiger charge is 2.10. The third-order valence-electron chi connectivity index (χ3n) is 3.73. The van der Waals surface area contributed by atoms with E-state index in [1.807, 2.05) is 50.2 Å². The summed E-state index contributed by atoms with van der Waals surface area (Å²) in [6.07, 6.45) is 1.64. The number of carbonyl (C=O) groups excluding carboxylic acids is 1. The molecule has 0 heterocycles. The third-order valence-corrected chi connectivity index (χ3v) is 3.73. The van der Waals surface area contributed by atoms with E-state index in [0.717, 1.165) is 28.0 Å². The molecule has 0 bridgehead atoms. The topological polar surface area (TPSA) is 50.7 Å². The Kier molecular flexibility index (Phi) is 6.13. The Bertz CT molecular complexity index is 736. The van der Waals surface area contributed by atoms with Gasteiger partial charge in [-0.2, -0.15) is 5.10 Å². The van der Waals surface area contributed by atoms with Crippen molar-refractivity contribution in [1.29, 1.82) is 0 Å². The Morgan fingerprint density at radius 1 is 1.21 bits per heavy atom. The molecule has 0 saturated heterocycles. The Balaban J connectivity index is 1.92. The van der Waals surface area contributed by atoms with E-state index in [1.54, 1.807) is 6.21 Å². The molecular formula is C20H24N2O2. The van der Waals surface area contributed by atoms with Crippen molar-refractivity contribution in [3.8, 4) is 5.75 Å². The highest BCUT2D eigenvalue weighted by atomic mass is 16.5. The van der Waals surface area contributed by atoms with Gasteiger partial charge < -0.3 is 4.74 Å². The molecule has 126 valence electrons. The highest BCUT2D eigenvalue weighted by molar-refractivity contribution is 5.84. The van der Waals surface area contributed by atoms with E-state index in [4.69, 9.17) is 4.74 Å². The number of hydrazone groups is 1. The number of hydrogen-bond donors (Lipinski definition) is 1. The molecule has 4 heteroatoms. The number of carbonyl (C=O) groups is 1. The first kappa shape index (κ1) is 17.7. The molecule has 0 aliphatic carbocycles. The van der Waals surface area contributed by atoms with Crippen molar-refractivity contribution >= 4 is 12.1 Å². The van der Waals surface area contributed by atoms with Gasteiger partial charge in [0.15, 0.2) is 6.61 Å². The summed E-state index contributed by atoms with van der Waals surface area (Å²) in [5.41, 5.74) is 6.77. The van der Waals surface area contributed by atoms with Crippen LogP contribution in [0.2, 0.25) is 0 Å². The quantitative estimate of drug-likeness (QED) is 0.646. The number of nitrogens with one attached hydrogen (secondary N) is 1. The van der Waals surface area contributed by atoms with Crippen LogP contribution in [-0.4, -0.2) is 18.7 Å². The van der Waals surface area contributed by atoms with Gasteiger partial charge in [-0.1, -0.05) is 50.2 Å². The van der Waals surface area contributed by atoms with Gasteiger partial charge in [0.05, 0.1) is 6.21 Å². The molecule has 2 aromatic rings. The molecule has 0 aliphatic heterocycles. The lowest BCUT2D eigenvalue weighted by Crippen LogP contribution is -2.25. The third kappa shape index (κ3) is 4.95. The average molecular weight is 324 g/mol. The summed E-state index contributed by atoms with van der Waals surface area (Å²) in [4.78, 5) is 11.9. The first-order valence-electron chi connectivity index (χ1n) is 8.08. The lowest BCUT2D eigenvalue weighted by atomic mass is 10.0. The molecule has 0 spiro atoms. The maximum atomic E-state index is 11.9. The van der Waals surface area contributed by atoms with Gasteiger partial charge in [-0.3, -0.25) is 4.79 Å². The summed E-state index contributed by atoms with van der Waals surface area (Å²) < 4.78 is 5.68. The average Bonchev–Trinajstić information content (AvgIpc) is 2.54. The fourth-order valence-electron chi connectivity index (χ4n) is 2.32. The number of aryl methyl sites for hydroxylation is 2. The standard InChI is InChI=1S/C20H24N2O2/c1-14(2)18-10-9-15(3)11-19(18)24-13-20(23)22-21-12-17-8-6-5-7-16(17)4/h5-12,14H,13H2,1-4H3,(H,22,23)/b21-12-. The summed E-state index contributed by atoms with van der Waals surface area (Å²) >= 11 is 0. The molecule has 0 saturated carbocycles. The largest absolute Gasteiger partial charge is 0.483 e. The summed E-state index contributed by atoms with van der Waals surface area (Å²) in [6.45, 7) is 8.14. The highest BCUT2D eigenvalue weighted by Crippen LogP contribution is 2.27. The van der Waals surface area contributed by atoms with Crippen molar-refractivity contribution in [2.75, 3.05) is 6.61 Å². The monoisotopic (exact) mass is 324 g/mol. The number of nitrogens with zero attached hydrogens (tertiary/aromatic N) is 1. The van der Waals surface area contributed by atoms with E-state index >= 15 is 0 Å². The number of ether oxygens (including phenoxy) is 1. The van der Waals surface area contributed by atoms with Gasteiger partial charge in [0.25, 0.3) is 5.91 Å². The summed E-state index contributed by atoms with van der Waals surface area (Å²) in [7, 11) is 0. The molecule has 0 unspecified atom stereocenters. The Hall–Kier alpha value is -2.62. The Morgan fingerprint density at radius 2 is 1.96 bits per heavy atom. The van der Waals surface area contributed by atoms with Crippen molar-refractivity contribution in [3.63, 3.8) is 0 Å². The van der Waals surface area contributed by atoms with Crippen LogP contribution in [0.25, 0.3) is 0 Å². The second-order valence-electron chi connectivity index (χ2n) is 6.13. The van der Waals surface area contributed by atoms with E-state index in [-0.39, 0.29) is 12.5 Å². The molecule has 1 N–H and O–H groups in total. The predicted molar refractivity (Wildman–Crippen MR) is 97.7 cm³/mol. The van der Waals surface area contributed by atoms with Crippen molar-refractivity contribution in [1.82, 2.24) is 5.43 Å². The van der Waals surface area contributed by atoms with Crippen LogP contribution in [0.3, 0.4) is 0 Å². The van der Waals surface area contributed by atoms with Crippen molar-refractivity contribution in [2.24, 2.45) is 5.10 Å². The van der Waals surface area contributed by atoms with Crippen LogP contribution in [0.5, 0.6) is 5.75 Å². The summed E-state index contributed by atoms with van der Waals surface area (Å²) in [5.74, 6) is 0.807. The molecule has 0 aromatic heterocycles. The molecule has 2 rings (SSSR count). The van der Waals surface area contributed by atoms with E-state index in [1.165, 1.54) is 0 Å². The molecule has 0 aliphatic rings. The summed E-state index contributed by atoms with van der Waals surface area (Å²) in [6, 6.07) is 13.9. The first-order chi connectivity index (χ1) is 11.5. The second-order valence-corrected chi connectivity index (χ2v) is 6.13. The number of rotatable bonds is 6. The van der Waals surface area contributed by atoms with Crippen LogP contribution in [0.15, 0.2) is 47.6 Å². The van der Waals surface area contributed by atoms with Gasteiger partial charge in [0.2, 0.25) is 0 Å². The van der Waals surface area contributed by atoms with Crippen LogP contribution in [0, 0.1) is 13.8 Å². The SMILES string of the molecule is Cc1ccc(C(C)C)c(OCC(=O)N/N=C\c2ccccc2C)c1. The van der Waals surface area contributed by atoms with Crippen LogP contribution in [0.4, 0.5) is 0 Å². The normalized spacial score (nSPS) is 11.0. The fourth-order valence-corrected chi connectivity index (χ4v) is 2.32. The van der Waals surface area contributed by atoms with Crippen LogP contribution in [-0.2, 0) is 4.79 Å². The van der Waals surface area contributed by atoms with Crippen molar-refractivity contribution in [2.45, 2.75) is 33.6 Å². The van der Waals surface area contributed by atoms with E-state index in [2.05, 4.69) is 30.4 Å². The van der Waals surface area contributed by atoms with E-state index in [0.29, 0.717) is 5.92 Å².